The molecule has 0 saturated carbocycles. The van der Waals surface area contributed by atoms with Crippen molar-refractivity contribution in [1.82, 2.24) is 4.98 Å². The lowest BCUT2D eigenvalue weighted by Crippen LogP contribution is -2.14. The van der Waals surface area contributed by atoms with E-state index >= 15 is 0 Å². The number of pyridine rings is 1. The fraction of sp³-hybridized carbons (Fsp3) is 0.400. The van der Waals surface area contributed by atoms with Crippen LogP contribution < -0.4 is 0 Å². The second-order valence-corrected chi connectivity index (χ2v) is 3.30. The highest BCUT2D eigenvalue weighted by atomic mass is 19.4. The number of aromatic nitrogens is 1. The normalized spacial score (nSPS) is 11.6. The highest BCUT2D eigenvalue weighted by Crippen LogP contribution is 2.34. The molecule has 0 aliphatic carbocycles. The molecule has 1 aromatic rings. The van der Waals surface area contributed by atoms with Gasteiger partial charge in [-0.3, -0.25) is 4.98 Å². The average molecular weight is 250 g/mol. The zero-order valence-corrected chi connectivity index (χ0v) is 8.65. The molecule has 0 radical (unpaired) electrons. The maximum absolute atomic E-state index is 12.5. The Balaban J connectivity index is 3.46. The lowest BCUT2D eigenvalue weighted by atomic mass is 10.00. The van der Waals surface area contributed by atoms with Gasteiger partial charge in [-0.2, -0.15) is 18.4 Å². The van der Waals surface area contributed by atoms with Crippen LogP contribution in [-0.2, 0) is 12.6 Å². The predicted molar refractivity (Wildman–Crippen MR) is 48.3 cm³/mol. The monoisotopic (exact) mass is 250 g/mol. The summed E-state index contributed by atoms with van der Waals surface area (Å²) in [5, 5.41) is 8.43. The van der Waals surface area contributed by atoms with Crippen molar-refractivity contribution in [3.63, 3.8) is 0 Å². The highest BCUT2D eigenvalue weighted by Gasteiger charge is 2.36. The van der Waals surface area contributed by atoms with Gasteiger partial charge in [-0.15, -0.1) is 0 Å². The average Bonchev–Trinajstić information content (AvgIpc) is 2.18. The summed E-state index contributed by atoms with van der Waals surface area (Å²) in [7, 11) is 0. The van der Waals surface area contributed by atoms with E-state index in [1.54, 1.807) is 0 Å². The van der Waals surface area contributed by atoms with Gasteiger partial charge in [0.2, 0.25) is 0 Å². The Kier molecular flexibility index (Phi) is 3.66. The van der Waals surface area contributed by atoms with Crippen LogP contribution in [0.2, 0.25) is 0 Å². The first-order valence-corrected chi connectivity index (χ1v) is 4.49. The van der Waals surface area contributed by atoms with Gasteiger partial charge >= 0.3 is 6.18 Å². The van der Waals surface area contributed by atoms with Crippen LogP contribution in [0.5, 0.6) is 0 Å². The Morgan fingerprint density at radius 2 is 2.00 bits per heavy atom. The molecule has 0 unspecified atom stereocenters. The van der Waals surface area contributed by atoms with E-state index in [2.05, 4.69) is 4.98 Å². The van der Waals surface area contributed by atoms with E-state index in [0.717, 1.165) is 6.92 Å². The lowest BCUT2D eigenvalue weighted by molar-refractivity contribution is -0.141. The van der Waals surface area contributed by atoms with E-state index in [-0.39, 0.29) is 5.56 Å². The topological polar surface area (TPSA) is 36.7 Å². The van der Waals surface area contributed by atoms with Crippen LogP contribution in [0.15, 0.2) is 6.20 Å². The Morgan fingerprint density at radius 1 is 1.41 bits per heavy atom. The molecule has 0 amide bonds. The third-order valence-electron chi connectivity index (χ3n) is 2.26. The van der Waals surface area contributed by atoms with E-state index in [1.807, 2.05) is 0 Å². The van der Waals surface area contributed by atoms with Gasteiger partial charge < -0.3 is 0 Å². The second-order valence-electron chi connectivity index (χ2n) is 3.30. The number of nitriles is 1. The molecule has 7 heteroatoms. The van der Waals surface area contributed by atoms with E-state index in [1.165, 1.54) is 6.07 Å². The molecule has 17 heavy (non-hydrogen) atoms. The summed E-state index contributed by atoms with van der Waals surface area (Å²) in [6, 6.07) is 1.52. The number of nitrogens with zero attached hydrogens (tertiary/aromatic N) is 2. The quantitative estimate of drug-likeness (QED) is 0.754. The lowest BCUT2D eigenvalue weighted by Gasteiger charge is -2.14. The maximum Gasteiger partial charge on any atom is 0.433 e. The third kappa shape index (κ3) is 2.70. The zero-order chi connectivity index (χ0) is 13.2. The molecule has 2 nitrogen and oxygen atoms in total. The van der Waals surface area contributed by atoms with Crippen LogP contribution in [0, 0.1) is 18.3 Å². The summed E-state index contributed by atoms with van der Waals surface area (Å²) in [5.41, 5.74) is -2.58. The van der Waals surface area contributed by atoms with E-state index < -0.39 is 35.8 Å². The Morgan fingerprint density at radius 3 is 2.41 bits per heavy atom. The number of hydrogen-bond donors (Lipinski definition) is 0. The molecular weight excluding hydrogens is 243 g/mol. The zero-order valence-electron chi connectivity index (χ0n) is 8.65. The summed E-state index contributed by atoms with van der Waals surface area (Å²) in [6.45, 7) is 1.13. The molecule has 0 aliphatic rings. The Labute approximate surface area is 93.7 Å². The molecule has 0 fully saturated rings. The van der Waals surface area contributed by atoms with Crippen molar-refractivity contribution >= 4 is 0 Å². The van der Waals surface area contributed by atoms with Gasteiger partial charge in [0.05, 0.1) is 12.5 Å². The molecule has 92 valence electrons. The molecule has 0 bridgehead atoms. The number of halogens is 5. The van der Waals surface area contributed by atoms with E-state index in [9.17, 15) is 22.0 Å². The number of alkyl halides is 5. The van der Waals surface area contributed by atoms with Gasteiger partial charge in [-0.25, -0.2) is 8.78 Å². The van der Waals surface area contributed by atoms with Gasteiger partial charge in [0, 0.05) is 17.3 Å². The summed E-state index contributed by atoms with van der Waals surface area (Å²) in [6.07, 6.45) is -7.77. The first kappa shape index (κ1) is 13.4. The minimum atomic E-state index is -4.75. The summed E-state index contributed by atoms with van der Waals surface area (Å²) in [4.78, 5) is 2.99. The largest absolute Gasteiger partial charge is 0.433 e. The molecule has 1 rings (SSSR count). The minimum absolute atomic E-state index is 0.233. The molecule has 0 aromatic carbocycles. The second kappa shape index (κ2) is 4.65. The van der Waals surface area contributed by atoms with Crippen LogP contribution in [0.1, 0.15) is 28.8 Å². The maximum atomic E-state index is 12.5. The number of rotatable bonds is 2. The molecule has 0 N–H and O–H groups in total. The van der Waals surface area contributed by atoms with Crippen molar-refractivity contribution in [3.8, 4) is 6.07 Å². The summed E-state index contributed by atoms with van der Waals surface area (Å²) < 4.78 is 62.5. The third-order valence-corrected chi connectivity index (χ3v) is 2.26. The molecule has 0 atom stereocenters. The fourth-order valence-electron chi connectivity index (χ4n) is 1.42. The Bertz CT molecular complexity index is 459. The van der Waals surface area contributed by atoms with Crippen LogP contribution >= 0.6 is 0 Å². The van der Waals surface area contributed by atoms with Gasteiger partial charge in [-0.1, -0.05) is 0 Å². The van der Waals surface area contributed by atoms with Crippen LogP contribution in [-0.4, -0.2) is 4.98 Å². The molecule has 1 heterocycles. The van der Waals surface area contributed by atoms with Gasteiger partial charge in [0.25, 0.3) is 6.43 Å². The van der Waals surface area contributed by atoms with Gasteiger partial charge in [0.1, 0.15) is 5.69 Å². The predicted octanol–water partition coefficient (Wildman–Crippen LogP) is 3.41. The number of hydrogen-bond acceptors (Lipinski definition) is 2. The first-order chi connectivity index (χ1) is 7.79. The smallest absolute Gasteiger partial charge is 0.251 e. The molecular formula is C10H7F5N2. The van der Waals surface area contributed by atoms with Crippen molar-refractivity contribution < 1.29 is 22.0 Å². The van der Waals surface area contributed by atoms with E-state index in [4.69, 9.17) is 5.26 Å². The highest BCUT2D eigenvalue weighted by molar-refractivity contribution is 5.39. The van der Waals surface area contributed by atoms with Crippen molar-refractivity contribution in [2.24, 2.45) is 0 Å². The van der Waals surface area contributed by atoms with Crippen LogP contribution in [0.4, 0.5) is 22.0 Å². The molecule has 0 spiro atoms. The molecule has 1 aromatic heterocycles. The SMILES string of the molecule is Cc1c(C(F)F)cnc(C(F)(F)F)c1CC#N. The van der Waals surface area contributed by atoms with E-state index in [0.29, 0.717) is 6.20 Å². The molecule has 0 saturated heterocycles. The van der Waals surface area contributed by atoms with Crippen molar-refractivity contribution in [2.75, 3.05) is 0 Å². The molecule has 0 aliphatic heterocycles. The van der Waals surface area contributed by atoms with Crippen LogP contribution in [0.3, 0.4) is 0 Å². The van der Waals surface area contributed by atoms with Gasteiger partial charge in [-0.05, 0) is 12.5 Å². The fourth-order valence-corrected chi connectivity index (χ4v) is 1.42. The summed E-state index contributed by atoms with van der Waals surface area (Å²) >= 11 is 0. The Hall–Kier alpha value is -1.71. The van der Waals surface area contributed by atoms with Gasteiger partial charge in [0.15, 0.2) is 0 Å². The first-order valence-electron chi connectivity index (χ1n) is 4.49. The standard InChI is InChI=1S/C10H7F5N2/c1-5-6(2-3-16)8(10(13,14)15)17-4-7(5)9(11)12/h4,9H,2H2,1H3. The van der Waals surface area contributed by atoms with Crippen LogP contribution in [0.25, 0.3) is 0 Å². The minimum Gasteiger partial charge on any atom is -0.251 e. The summed E-state index contributed by atoms with van der Waals surface area (Å²) in [5.74, 6) is 0. The van der Waals surface area contributed by atoms with Crippen molar-refractivity contribution in [1.29, 1.82) is 5.26 Å². The van der Waals surface area contributed by atoms with Crippen molar-refractivity contribution in [2.45, 2.75) is 25.9 Å². The van der Waals surface area contributed by atoms with Crippen molar-refractivity contribution in [3.05, 3.63) is 28.6 Å².